The number of benzene rings is 1. The maximum absolute atomic E-state index is 13.5. The molecule has 2 N–H and O–H groups in total. The minimum absolute atomic E-state index is 0.274. The van der Waals surface area contributed by atoms with Crippen LogP contribution in [-0.2, 0) is 6.42 Å². The highest BCUT2D eigenvalue weighted by Gasteiger charge is 2.25. The molecule has 25 heavy (non-hydrogen) atoms. The third-order valence-electron chi connectivity index (χ3n) is 5.45. The van der Waals surface area contributed by atoms with Crippen LogP contribution in [0.4, 0.5) is 4.39 Å². The van der Waals surface area contributed by atoms with Crippen LogP contribution in [0.15, 0.2) is 18.2 Å². The van der Waals surface area contributed by atoms with Crippen LogP contribution >= 0.6 is 0 Å². The molecule has 2 aliphatic heterocycles. The van der Waals surface area contributed by atoms with Crippen molar-refractivity contribution >= 4 is 0 Å². The first-order valence-corrected chi connectivity index (χ1v) is 9.32. The second-order valence-electron chi connectivity index (χ2n) is 7.14. The van der Waals surface area contributed by atoms with Crippen molar-refractivity contribution in [3.8, 4) is 5.75 Å². The Bertz CT molecular complexity index is 557. The zero-order valence-corrected chi connectivity index (χ0v) is 15.1. The molecule has 0 radical (unpaired) electrons. The second-order valence-corrected chi connectivity index (χ2v) is 7.14. The number of nitrogens with one attached hydrogen (secondary N) is 1. The number of likely N-dealkylation sites (tertiary alicyclic amines) is 1. The molecule has 0 saturated carbocycles. The van der Waals surface area contributed by atoms with Crippen LogP contribution in [-0.4, -0.2) is 80.0 Å². The van der Waals surface area contributed by atoms with Crippen LogP contribution in [0, 0.1) is 5.82 Å². The van der Waals surface area contributed by atoms with E-state index in [4.69, 9.17) is 4.74 Å². The van der Waals surface area contributed by atoms with E-state index in [1.807, 2.05) is 6.07 Å². The first-order chi connectivity index (χ1) is 12.2. The molecule has 0 aliphatic carbocycles. The Morgan fingerprint density at radius 1 is 1.32 bits per heavy atom. The summed E-state index contributed by atoms with van der Waals surface area (Å²) in [4.78, 5) is 4.91. The summed E-state index contributed by atoms with van der Waals surface area (Å²) in [6, 6.07) is 5.85. The zero-order chi connectivity index (χ0) is 17.6. The van der Waals surface area contributed by atoms with E-state index in [0.717, 1.165) is 57.7 Å². The van der Waals surface area contributed by atoms with Crippen LogP contribution in [0.5, 0.6) is 5.75 Å². The Morgan fingerprint density at radius 2 is 2.20 bits per heavy atom. The van der Waals surface area contributed by atoms with Crippen molar-refractivity contribution in [2.24, 2.45) is 0 Å². The van der Waals surface area contributed by atoms with Crippen molar-refractivity contribution in [1.29, 1.82) is 0 Å². The number of aliphatic hydroxyl groups excluding tert-OH is 1. The number of rotatable bonds is 7. The molecule has 2 fully saturated rings. The molecular weight excluding hydrogens is 321 g/mol. The molecule has 0 spiro atoms. The van der Waals surface area contributed by atoms with E-state index in [1.54, 1.807) is 6.07 Å². The Hall–Kier alpha value is -1.21. The maximum atomic E-state index is 13.5. The van der Waals surface area contributed by atoms with Crippen LogP contribution in [0.2, 0.25) is 0 Å². The van der Waals surface area contributed by atoms with Crippen molar-refractivity contribution in [1.82, 2.24) is 15.1 Å². The highest BCUT2D eigenvalue weighted by molar-refractivity contribution is 5.30. The van der Waals surface area contributed by atoms with Gasteiger partial charge in [-0.05, 0) is 43.5 Å². The predicted octanol–water partition coefficient (Wildman–Crippen LogP) is 1.11. The average Bonchev–Trinajstić information content (AvgIpc) is 3.09. The van der Waals surface area contributed by atoms with Gasteiger partial charge in [0, 0.05) is 44.8 Å². The Balaban J connectivity index is 1.49. The van der Waals surface area contributed by atoms with E-state index < -0.39 is 0 Å². The third kappa shape index (κ3) is 4.91. The van der Waals surface area contributed by atoms with E-state index in [2.05, 4.69) is 15.1 Å². The van der Waals surface area contributed by atoms with Crippen LogP contribution < -0.4 is 10.1 Å². The topological polar surface area (TPSA) is 48.0 Å². The number of ether oxygens (including phenoxy) is 1. The molecule has 0 bridgehead atoms. The number of hydrogen-bond acceptors (Lipinski definition) is 5. The van der Waals surface area contributed by atoms with E-state index in [9.17, 15) is 9.50 Å². The highest BCUT2D eigenvalue weighted by Crippen LogP contribution is 2.20. The van der Waals surface area contributed by atoms with Crippen LogP contribution in [0.1, 0.15) is 18.4 Å². The van der Waals surface area contributed by atoms with E-state index in [0.29, 0.717) is 17.8 Å². The van der Waals surface area contributed by atoms with Gasteiger partial charge in [-0.15, -0.1) is 0 Å². The standard InChI is InChI=1S/C19H30FN3O2/c1-25-19-12-15(4-5-18(19)20)11-16-13-22(8-6-21-16)9-10-23-7-2-3-17(23)14-24/h4-5,12,16-17,21,24H,2-3,6-11,13-14H2,1H3/t16?,17-/m0/s1. The Kier molecular flexibility index (Phi) is 6.64. The molecule has 1 aromatic rings. The fourth-order valence-corrected chi connectivity index (χ4v) is 4.02. The predicted molar refractivity (Wildman–Crippen MR) is 96.6 cm³/mol. The lowest BCUT2D eigenvalue weighted by Gasteiger charge is -2.35. The zero-order valence-electron chi connectivity index (χ0n) is 15.1. The molecule has 1 aromatic carbocycles. The summed E-state index contributed by atoms with van der Waals surface area (Å²) in [5.41, 5.74) is 1.09. The fourth-order valence-electron chi connectivity index (χ4n) is 4.02. The molecule has 0 amide bonds. The van der Waals surface area contributed by atoms with Gasteiger partial charge in [0.15, 0.2) is 11.6 Å². The maximum Gasteiger partial charge on any atom is 0.165 e. The summed E-state index contributed by atoms with van der Waals surface area (Å²) < 4.78 is 18.6. The lowest BCUT2D eigenvalue weighted by molar-refractivity contribution is 0.128. The molecule has 3 rings (SSSR count). The van der Waals surface area contributed by atoms with Gasteiger partial charge in [0.1, 0.15) is 0 Å². The number of halogens is 1. The lowest BCUT2D eigenvalue weighted by Crippen LogP contribution is -2.53. The minimum atomic E-state index is -0.312. The van der Waals surface area contributed by atoms with Gasteiger partial charge >= 0.3 is 0 Å². The van der Waals surface area contributed by atoms with Gasteiger partial charge in [0.05, 0.1) is 13.7 Å². The van der Waals surface area contributed by atoms with Crippen molar-refractivity contribution in [2.45, 2.75) is 31.3 Å². The summed E-state index contributed by atoms with van der Waals surface area (Å²) >= 11 is 0. The van der Waals surface area contributed by atoms with Crippen LogP contribution in [0.3, 0.4) is 0 Å². The van der Waals surface area contributed by atoms with E-state index in [-0.39, 0.29) is 12.4 Å². The molecule has 5 nitrogen and oxygen atoms in total. The van der Waals surface area contributed by atoms with Crippen molar-refractivity contribution in [3.05, 3.63) is 29.6 Å². The summed E-state index contributed by atoms with van der Waals surface area (Å²) in [5.74, 6) is 0.00257. The van der Waals surface area contributed by atoms with Crippen molar-refractivity contribution in [3.63, 3.8) is 0 Å². The first kappa shape index (κ1) is 18.6. The molecular formula is C19H30FN3O2. The fraction of sp³-hybridized carbons (Fsp3) is 0.684. The first-order valence-electron chi connectivity index (χ1n) is 9.32. The lowest BCUT2D eigenvalue weighted by atomic mass is 10.0. The quantitative estimate of drug-likeness (QED) is 0.771. The van der Waals surface area contributed by atoms with Crippen LogP contribution in [0.25, 0.3) is 0 Å². The minimum Gasteiger partial charge on any atom is -0.494 e. The smallest absolute Gasteiger partial charge is 0.165 e. The molecule has 2 saturated heterocycles. The van der Waals surface area contributed by atoms with Gasteiger partial charge in [0.25, 0.3) is 0 Å². The molecule has 6 heteroatoms. The summed E-state index contributed by atoms with van der Waals surface area (Å²) in [6.07, 6.45) is 3.19. The Labute approximate surface area is 149 Å². The van der Waals surface area contributed by atoms with Gasteiger partial charge in [-0.25, -0.2) is 4.39 Å². The number of hydrogen-bond donors (Lipinski definition) is 2. The van der Waals surface area contributed by atoms with Gasteiger partial charge in [-0.1, -0.05) is 6.07 Å². The van der Waals surface area contributed by atoms with Crippen molar-refractivity contribution < 1.29 is 14.2 Å². The summed E-state index contributed by atoms with van der Waals surface area (Å²) in [5, 5.41) is 13.0. The number of nitrogens with zero attached hydrogens (tertiary/aromatic N) is 2. The molecule has 2 heterocycles. The molecule has 1 unspecified atom stereocenters. The van der Waals surface area contributed by atoms with Crippen molar-refractivity contribution in [2.75, 3.05) is 53.0 Å². The average molecular weight is 351 g/mol. The van der Waals surface area contributed by atoms with Gasteiger partial charge in [0.2, 0.25) is 0 Å². The molecule has 2 aliphatic rings. The summed E-state index contributed by atoms with van der Waals surface area (Å²) in [6.45, 7) is 6.49. The molecule has 2 atom stereocenters. The number of piperazine rings is 1. The monoisotopic (exact) mass is 351 g/mol. The number of methoxy groups -OCH3 is 1. The van der Waals surface area contributed by atoms with E-state index >= 15 is 0 Å². The van der Waals surface area contributed by atoms with Gasteiger partial charge in [-0.3, -0.25) is 9.80 Å². The molecule has 0 aromatic heterocycles. The molecule has 140 valence electrons. The highest BCUT2D eigenvalue weighted by atomic mass is 19.1. The number of aliphatic hydroxyl groups is 1. The summed E-state index contributed by atoms with van der Waals surface area (Å²) in [7, 11) is 1.50. The van der Waals surface area contributed by atoms with Gasteiger partial charge in [-0.2, -0.15) is 0 Å². The Morgan fingerprint density at radius 3 is 3.00 bits per heavy atom. The largest absolute Gasteiger partial charge is 0.494 e. The second kappa shape index (κ2) is 8.94. The van der Waals surface area contributed by atoms with Gasteiger partial charge < -0.3 is 15.2 Å². The normalized spacial score (nSPS) is 25.4. The SMILES string of the molecule is COc1cc(CC2CN(CCN3CCC[C@H]3CO)CCN2)ccc1F. The third-order valence-corrected chi connectivity index (χ3v) is 5.45. The van der Waals surface area contributed by atoms with E-state index in [1.165, 1.54) is 19.6 Å².